The lowest BCUT2D eigenvalue weighted by atomic mass is 10.1. The third-order valence-electron chi connectivity index (χ3n) is 3.39. The first kappa shape index (κ1) is 14.7. The fourth-order valence-electron chi connectivity index (χ4n) is 2.17. The summed E-state index contributed by atoms with van der Waals surface area (Å²) in [5.74, 6) is 3.32. The highest BCUT2D eigenvalue weighted by atomic mass is 32.2. The molecule has 1 fully saturated rings. The van der Waals surface area contributed by atoms with E-state index in [-0.39, 0.29) is 0 Å². The number of para-hydroxylation sites is 1. The summed E-state index contributed by atoms with van der Waals surface area (Å²) in [6.07, 6.45) is 1.96. The molecule has 1 unspecified atom stereocenters. The molecule has 1 heterocycles. The Kier molecular flexibility index (Phi) is 6.01. The van der Waals surface area contributed by atoms with Gasteiger partial charge in [0.1, 0.15) is 18.5 Å². The minimum atomic E-state index is -0.450. The number of hydrogen-bond donors (Lipinski definition) is 2. The summed E-state index contributed by atoms with van der Waals surface area (Å²) in [6, 6.07) is 8.45. The molecule has 0 bridgehead atoms. The molecule has 3 nitrogen and oxygen atoms in total. The number of rotatable bonds is 6. The summed E-state index contributed by atoms with van der Waals surface area (Å²) in [5.41, 5.74) is 1.10. The Morgan fingerprint density at radius 2 is 2.11 bits per heavy atom. The smallest absolute Gasteiger partial charge is 0.122 e. The van der Waals surface area contributed by atoms with Crippen molar-refractivity contribution in [3.63, 3.8) is 0 Å². The first-order chi connectivity index (χ1) is 9.25. The van der Waals surface area contributed by atoms with Crippen LogP contribution in [0.2, 0.25) is 0 Å². The standard InChI is InChI=1S/C15H23NO2S/c1-12-4-2-3-5-15(12)18-11-14(17)10-16-13-6-8-19-9-7-13/h2-5,13-14,16-17H,6-11H2,1H3. The topological polar surface area (TPSA) is 41.5 Å². The molecule has 0 aliphatic carbocycles. The highest BCUT2D eigenvalue weighted by Crippen LogP contribution is 2.17. The van der Waals surface area contributed by atoms with Crippen molar-refractivity contribution >= 4 is 11.8 Å². The Morgan fingerprint density at radius 1 is 1.37 bits per heavy atom. The lowest BCUT2D eigenvalue weighted by molar-refractivity contribution is 0.103. The maximum atomic E-state index is 9.94. The Bertz CT molecular complexity index is 380. The van der Waals surface area contributed by atoms with Crippen LogP contribution in [-0.2, 0) is 0 Å². The van der Waals surface area contributed by atoms with Gasteiger partial charge in [-0.2, -0.15) is 11.8 Å². The monoisotopic (exact) mass is 281 g/mol. The number of aryl methyl sites for hydroxylation is 1. The van der Waals surface area contributed by atoms with Crippen molar-refractivity contribution in [1.82, 2.24) is 5.32 Å². The molecule has 19 heavy (non-hydrogen) atoms. The Hall–Kier alpha value is -0.710. The molecule has 0 spiro atoms. The van der Waals surface area contributed by atoms with Crippen LogP contribution in [0.5, 0.6) is 5.75 Å². The van der Waals surface area contributed by atoms with E-state index in [0.29, 0.717) is 19.2 Å². The van der Waals surface area contributed by atoms with Gasteiger partial charge in [0.25, 0.3) is 0 Å². The zero-order valence-corrected chi connectivity index (χ0v) is 12.3. The Labute approximate surface area is 119 Å². The summed E-state index contributed by atoms with van der Waals surface area (Å²) in [5, 5.41) is 13.4. The highest BCUT2D eigenvalue weighted by molar-refractivity contribution is 7.99. The Balaban J connectivity index is 1.66. The van der Waals surface area contributed by atoms with Crippen molar-refractivity contribution in [2.45, 2.75) is 31.9 Å². The lowest BCUT2D eigenvalue weighted by Crippen LogP contribution is -2.39. The molecule has 1 saturated heterocycles. The van der Waals surface area contributed by atoms with E-state index in [0.717, 1.165) is 11.3 Å². The number of benzene rings is 1. The van der Waals surface area contributed by atoms with Crippen LogP contribution in [0.1, 0.15) is 18.4 Å². The molecule has 0 aromatic heterocycles. The van der Waals surface area contributed by atoms with Crippen molar-refractivity contribution in [3.8, 4) is 5.75 Å². The first-order valence-corrected chi connectivity index (χ1v) is 8.09. The van der Waals surface area contributed by atoms with Crippen LogP contribution in [0.4, 0.5) is 0 Å². The van der Waals surface area contributed by atoms with E-state index in [2.05, 4.69) is 5.32 Å². The molecule has 0 radical (unpaired) electrons. The summed E-state index contributed by atoms with van der Waals surface area (Å²) >= 11 is 2.01. The number of aliphatic hydroxyl groups is 1. The van der Waals surface area contributed by atoms with Gasteiger partial charge in [-0.05, 0) is 42.9 Å². The average Bonchev–Trinajstić information content (AvgIpc) is 2.45. The second-order valence-corrected chi connectivity index (χ2v) is 6.25. The maximum Gasteiger partial charge on any atom is 0.122 e. The van der Waals surface area contributed by atoms with Crippen molar-refractivity contribution in [2.24, 2.45) is 0 Å². The molecule has 1 aliphatic heterocycles. The first-order valence-electron chi connectivity index (χ1n) is 6.93. The molecular weight excluding hydrogens is 258 g/mol. The minimum absolute atomic E-state index is 0.347. The highest BCUT2D eigenvalue weighted by Gasteiger charge is 2.14. The van der Waals surface area contributed by atoms with Crippen LogP contribution in [0.3, 0.4) is 0 Å². The van der Waals surface area contributed by atoms with E-state index in [4.69, 9.17) is 4.74 Å². The van der Waals surface area contributed by atoms with Gasteiger partial charge in [-0.15, -0.1) is 0 Å². The van der Waals surface area contributed by atoms with Crippen LogP contribution in [0.25, 0.3) is 0 Å². The minimum Gasteiger partial charge on any atom is -0.491 e. The molecule has 2 rings (SSSR count). The number of aliphatic hydroxyl groups excluding tert-OH is 1. The lowest BCUT2D eigenvalue weighted by Gasteiger charge is -2.24. The molecule has 1 aromatic rings. The van der Waals surface area contributed by atoms with Crippen LogP contribution >= 0.6 is 11.8 Å². The molecule has 1 aromatic carbocycles. The molecule has 4 heteroatoms. The van der Waals surface area contributed by atoms with Gasteiger partial charge in [-0.25, -0.2) is 0 Å². The van der Waals surface area contributed by atoms with E-state index in [1.54, 1.807) is 0 Å². The van der Waals surface area contributed by atoms with Crippen LogP contribution < -0.4 is 10.1 Å². The predicted octanol–water partition coefficient (Wildman–Crippen LogP) is 2.22. The second-order valence-electron chi connectivity index (χ2n) is 5.03. The average molecular weight is 281 g/mol. The van der Waals surface area contributed by atoms with Crippen LogP contribution in [0, 0.1) is 6.92 Å². The molecule has 1 atom stereocenters. The zero-order chi connectivity index (χ0) is 13.5. The van der Waals surface area contributed by atoms with Gasteiger partial charge in [-0.3, -0.25) is 0 Å². The molecule has 1 aliphatic rings. The predicted molar refractivity (Wildman–Crippen MR) is 81.0 cm³/mol. The summed E-state index contributed by atoms with van der Waals surface area (Å²) in [6.45, 7) is 2.97. The summed E-state index contributed by atoms with van der Waals surface area (Å²) in [7, 11) is 0. The molecule has 0 amide bonds. The number of hydrogen-bond acceptors (Lipinski definition) is 4. The largest absolute Gasteiger partial charge is 0.491 e. The van der Waals surface area contributed by atoms with Gasteiger partial charge in [0, 0.05) is 12.6 Å². The van der Waals surface area contributed by atoms with Gasteiger partial charge >= 0.3 is 0 Å². The molecule has 106 valence electrons. The van der Waals surface area contributed by atoms with Gasteiger partial charge in [-0.1, -0.05) is 18.2 Å². The summed E-state index contributed by atoms with van der Waals surface area (Å²) < 4.78 is 5.64. The van der Waals surface area contributed by atoms with E-state index in [1.165, 1.54) is 24.3 Å². The van der Waals surface area contributed by atoms with Crippen molar-refractivity contribution in [3.05, 3.63) is 29.8 Å². The van der Waals surface area contributed by atoms with Gasteiger partial charge in [0.2, 0.25) is 0 Å². The fourth-order valence-corrected chi connectivity index (χ4v) is 3.27. The normalized spacial score (nSPS) is 18.2. The number of ether oxygens (including phenoxy) is 1. The molecule has 0 saturated carbocycles. The quantitative estimate of drug-likeness (QED) is 0.839. The Morgan fingerprint density at radius 3 is 2.84 bits per heavy atom. The third-order valence-corrected chi connectivity index (χ3v) is 4.44. The summed E-state index contributed by atoms with van der Waals surface area (Å²) in [4.78, 5) is 0. The van der Waals surface area contributed by atoms with E-state index in [9.17, 15) is 5.11 Å². The number of thioether (sulfide) groups is 1. The fraction of sp³-hybridized carbons (Fsp3) is 0.600. The molecule has 2 N–H and O–H groups in total. The zero-order valence-electron chi connectivity index (χ0n) is 11.5. The third kappa shape index (κ3) is 5.05. The van der Waals surface area contributed by atoms with Crippen molar-refractivity contribution in [1.29, 1.82) is 0 Å². The van der Waals surface area contributed by atoms with E-state index < -0.39 is 6.10 Å². The SMILES string of the molecule is Cc1ccccc1OCC(O)CNC1CCSCC1. The van der Waals surface area contributed by atoms with Gasteiger partial charge in [0.05, 0.1) is 0 Å². The van der Waals surface area contributed by atoms with Crippen molar-refractivity contribution < 1.29 is 9.84 Å². The van der Waals surface area contributed by atoms with E-state index in [1.807, 2.05) is 43.0 Å². The molecular formula is C15H23NO2S. The van der Waals surface area contributed by atoms with Crippen LogP contribution in [0.15, 0.2) is 24.3 Å². The van der Waals surface area contributed by atoms with Gasteiger partial charge < -0.3 is 15.2 Å². The van der Waals surface area contributed by atoms with Gasteiger partial charge in [0.15, 0.2) is 0 Å². The van der Waals surface area contributed by atoms with E-state index >= 15 is 0 Å². The van der Waals surface area contributed by atoms with Crippen LogP contribution in [-0.4, -0.2) is 41.9 Å². The maximum absolute atomic E-state index is 9.94. The number of nitrogens with one attached hydrogen (secondary N) is 1. The second kappa shape index (κ2) is 7.78. The van der Waals surface area contributed by atoms with Crippen molar-refractivity contribution in [2.75, 3.05) is 24.7 Å².